The first kappa shape index (κ1) is 22.4. The van der Waals surface area contributed by atoms with Crippen LogP contribution in [0, 0.1) is 5.41 Å². The van der Waals surface area contributed by atoms with Gasteiger partial charge in [-0.2, -0.15) is 0 Å². The maximum atomic E-state index is 12.1. The Morgan fingerprint density at radius 3 is 2.35 bits per heavy atom. The Hall–Kier alpha value is -0.570. The average Bonchev–Trinajstić information content (AvgIpc) is 2.94. The molecule has 1 fully saturated rings. The fourth-order valence-corrected chi connectivity index (χ4v) is 2.79. The third-order valence-corrected chi connectivity index (χ3v) is 3.65. The number of likely N-dealkylation sites (tertiary alicyclic amines) is 1. The highest BCUT2D eigenvalue weighted by Crippen LogP contribution is 2.14. The lowest BCUT2D eigenvalue weighted by Crippen LogP contribution is -2.45. The maximum absolute atomic E-state index is 12.1. The molecule has 0 atom stereocenters. The molecule has 0 spiro atoms. The standard InChI is InChI=1S/C16H33N5O.HI/c1-6-17-15(19-12-16(2,3)13-20(4)5)18-11-14(22)21-9-7-8-10-21;/h6-13H2,1-5H3,(H2,17,18,19);1H. The average molecular weight is 439 g/mol. The molecule has 1 rings (SSSR count). The van der Waals surface area contributed by atoms with Gasteiger partial charge in [-0.25, -0.2) is 4.99 Å². The van der Waals surface area contributed by atoms with Crippen molar-refractivity contribution < 1.29 is 4.79 Å². The predicted molar refractivity (Wildman–Crippen MR) is 108 cm³/mol. The Morgan fingerprint density at radius 1 is 1.22 bits per heavy atom. The van der Waals surface area contributed by atoms with Crippen LogP contribution in [-0.4, -0.2) is 75.0 Å². The van der Waals surface area contributed by atoms with E-state index in [0.29, 0.717) is 0 Å². The lowest BCUT2D eigenvalue weighted by Gasteiger charge is -2.29. The van der Waals surface area contributed by atoms with Crippen LogP contribution < -0.4 is 10.6 Å². The minimum absolute atomic E-state index is 0. The monoisotopic (exact) mass is 439 g/mol. The third-order valence-electron chi connectivity index (χ3n) is 3.65. The number of hydrogen-bond donors (Lipinski definition) is 2. The van der Waals surface area contributed by atoms with E-state index < -0.39 is 0 Å². The number of guanidine groups is 1. The van der Waals surface area contributed by atoms with Gasteiger partial charge in [0.1, 0.15) is 6.54 Å². The molecule has 6 nitrogen and oxygen atoms in total. The molecule has 0 unspecified atom stereocenters. The summed E-state index contributed by atoms with van der Waals surface area (Å²) in [5.41, 5.74) is 0.138. The molecular weight excluding hydrogens is 405 g/mol. The van der Waals surface area contributed by atoms with Gasteiger partial charge in [0.25, 0.3) is 0 Å². The van der Waals surface area contributed by atoms with E-state index in [0.717, 1.165) is 51.5 Å². The van der Waals surface area contributed by atoms with Crippen LogP contribution in [0.3, 0.4) is 0 Å². The maximum Gasteiger partial charge on any atom is 0.244 e. The number of carbonyl (C=O) groups is 1. The third kappa shape index (κ3) is 9.34. The van der Waals surface area contributed by atoms with E-state index in [-0.39, 0.29) is 41.8 Å². The quantitative estimate of drug-likeness (QED) is 0.358. The normalized spacial score (nSPS) is 15.6. The zero-order valence-electron chi connectivity index (χ0n) is 15.3. The Bertz CT molecular complexity index is 379. The highest BCUT2D eigenvalue weighted by Gasteiger charge is 2.20. The second kappa shape index (κ2) is 11.1. The van der Waals surface area contributed by atoms with Gasteiger partial charge < -0.3 is 20.4 Å². The van der Waals surface area contributed by atoms with Gasteiger partial charge in [0, 0.05) is 32.7 Å². The zero-order chi connectivity index (χ0) is 16.6. The van der Waals surface area contributed by atoms with Crippen molar-refractivity contribution in [3.63, 3.8) is 0 Å². The predicted octanol–water partition coefficient (Wildman–Crippen LogP) is 1.37. The first-order valence-corrected chi connectivity index (χ1v) is 8.29. The summed E-state index contributed by atoms with van der Waals surface area (Å²) >= 11 is 0. The van der Waals surface area contributed by atoms with Gasteiger partial charge in [-0.15, -0.1) is 24.0 Å². The van der Waals surface area contributed by atoms with E-state index >= 15 is 0 Å². The Kier molecular flexibility index (Phi) is 10.8. The van der Waals surface area contributed by atoms with Crippen molar-refractivity contribution in [1.29, 1.82) is 0 Å². The number of aliphatic imine (C=N–C) groups is 1. The van der Waals surface area contributed by atoms with Gasteiger partial charge >= 0.3 is 0 Å². The minimum atomic E-state index is 0. The lowest BCUT2D eigenvalue weighted by atomic mass is 9.93. The van der Waals surface area contributed by atoms with Crippen LogP contribution in [-0.2, 0) is 4.79 Å². The van der Waals surface area contributed by atoms with Gasteiger partial charge in [-0.3, -0.25) is 4.79 Å². The molecule has 0 saturated carbocycles. The van der Waals surface area contributed by atoms with E-state index in [1.165, 1.54) is 0 Å². The summed E-state index contributed by atoms with van der Waals surface area (Å²) in [6.45, 7) is 11.1. The van der Waals surface area contributed by atoms with E-state index in [9.17, 15) is 4.79 Å². The first-order chi connectivity index (χ1) is 10.3. The fraction of sp³-hybridized carbons (Fsp3) is 0.875. The van der Waals surface area contributed by atoms with Crippen molar-refractivity contribution >= 4 is 35.8 Å². The molecule has 7 heteroatoms. The van der Waals surface area contributed by atoms with E-state index in [1.807, 2.05) is 11.8 Å². The second-order valence-electron chi connectivity index (χ2n) is 7.04. The number of hydrogen-bond acceptors (Lipinski definition) is 3. The van der Waals surface area contributed by atoms with Crippen molar-refractivity contribution in [3.05, 3.63) is 0 Å². The van der Waals surface area contributed by atoms with E-state index in [4.69, 9.17) is 0 Å². The summed E-state index contributed by atoms with van der Waals surface area (Å²) in [5, 5.41) is 6.56. The van der Waals surface area contributed by atoms with Gasteiger partial charge in [0.15, 0.2) is 5.96 Å². The molecule has 2 N–H and O–H groups in total. The number of nitrogens with zero attached hydrogens (tertiary/aromatic N) is 3. The molecule has 1 aliphatic rings. The smallest absolute Gasteiger partial charge is 0.244 e. The SMILES string of the molecule is CCNC(=NCC(=O)N1CCCC1)NCC(C)(C)CN(C)C.I. The van der Waals surface area contributed by atoms with Gasteiger partial charge in [0.2, 0.25) is 5.91 Å². The molecule has 0 bridgehead atoms. The van der Waals surface area contributed by atoms with Crippen molar-refractivity contribution in [2.24, 2.45) is 10.4 Å². The Balaban J connectivity index is 0.00000484. The van der Waals surface area contributed by atoms with Gasteiger partial charge in [-0.05, 0) is 39.3 Å². The van der Waals surface area contributed by atoms with Crippen LogP contribution in [0.15, 0.2) is 4.99 Å². The first-order valence-electron chi connectivity index (χ1n) is 8.29. The molecule has 0 aromatic carbocycles. The van der Waals surface area contributed by atoms with E-state index in [2.05, 4.69) is 48.5 Å². The van der Waals surface area contributed by atoms with Crippen molar-refractivity contribution in [2.45, 2.75) is 33.6 Å². The zero-order valence-corrected chi connectivity index (χ0v) is 17.6. The molecule has 0 aromatic heterocycles. The summed E-state index contributed by atoms with van der Waals surface area (Å²) < 4.78 is 0. The minimum Gasteiger partial charge on any atom is -0.357 e. The summed E-state index contributed by atoms with van der Waals surface area (Å²) in [6, 6.07) is 0. The molecule has 1 heterocycles. The second-order valence-corrected chi connectivity index (χ2v) is 7.04. The molecule has 136 valence electrons. The summed E-state index contributed by atoms with van der Waals surface area (Å²) in [4.78, 5) is 20.6. The summed E-state index contributed by atoms with van der Waals surface area (Å²) in [7, 11) is 4.16. The van der Waals surface area contributed by atoms with Crippen molar-refractivity contribution in [3.8, 4) is 0 Å². The van der Waals surface area contributed by atoms with Crippen LogP contribution in [0.5, 0.6) is 0 Å². The van der Waals surface area contributed by atoms with Crippen LogP contribution in [0.1, 0.15) is 33.6 Å². The van der Waals surface area contributed by atoms with Crippen molar-refractivity contribution in [2.75, 3.05) is 53.4 Å². The molecule has 0 aliphatic carbocycles. The molecule has 1 amide bonds. The molecular formula is C16H34IN5O. The highest BCUT2D eigenvalue weighted by atomic mass is 127. The number of halogens is 1. The van der Waals surface area contributed by atoms with Crippen LogP contribution in [0.4, 0.5) is 0 Å². The molecule has 23 heavy (non-hydrogen) atoms. The largest absolute Gasteiger partial charge is 0.357 e. The Morgan fingerprint density at radius 2 is 1.83 bits per heavy atom. The van der Waals surface area contributed by atoms with Gasteiger partial charge in [0.05, 0.1) is 0 Å². The molecule has 1 aliphatic heterocycles. The van der Waals surface area contributed by atoms with Crippen LogP contribution in [0.25, 0.3) is 0 Å². The van der Waals surface area contributed by atoms with Crippen molar-refractivity contribution in [1.82, 2.24) is 20.4 Å². The topological polar surface area (TPSA) is 60.0 Å². The fourth-order valence-electron chi connectivity index (χ4n) is 2.79. The highest BCUT2D eigenvalue weighted by molar-refractivity contribution is 14.0. The van der Waals surface area contributed by atoms with Crippen LogP contribution in [0.2, 0.25) is 0 Å². The number of carbonyl (C=O) groups excluding carboxylic acids is 1. The summed E-state index contributed by atoms with van der Waals surface area (Å²) in [6.07, 6.45) is 2.24. The number of nitrogens with one attached hydrogen (secondary N) is 2. The summed E-state index contributed by atoms with van der Waals surface area (Å²) in [5.74, 6) is 0.851. The van der Waals surface area contributed by atoms with E-state index in [1.54, 1.807) is 0 Å². The molecule has 0 radical (unpaired) electrons. The number of amides is 1. The lowest BCUT2D eigenvalue weighted by molar-refractivity contribution is -0.128. The molecule has 0 aromatic rings. The molecule has 1 saturated heterocycles. The number of rotatable bonds is 7. The van der Waals surface area contributed by atoms with Crippen LogP contribution >= 0.6 is 24.0 Å². The van der Waals surface area contributed by atoms with Gasteiger partial charge in [-0.1, -0.05) is 13.8 Å². The Labute approximate surface area is 158 Å².